The molecule has 0 fully saturated rings. The number of rotatable bonds is 9. The molecule has 2 heterocycles. The van der Waals surface area contributed by atoms with Crippen molar-refractivity contribution < 1.29 is 9.53 Å². The second-order valence-corrected chi connectivity index (χ2v) is 8.52. The van der Waals surface area contributed by atoms with Gasteiger partial charge in [-0.2, -0.15) is 0 Å². The molecule has 0 saturated carbocycles. The lowest BCUT2D eigenvalue weighted by atomic mass is 10.1. The van der Waals surface area contributed by atoms with E-state index in [1.165, 1.54) is 22.9 Å². The molecule has 7 nitrogen and oxygen atoms in total. The zero-order valence-electron chi connectivity index (χ0n) is 18.6. The molecule has 33 heavy (non-hydrogen) atoms. The van der Waals surface area contributed by atoms with Crippen molar-refractivity contribution in [3.05, 3.63) is 95.6 Å². The first kappa shape index (κ1) is 22.5. The number of aryl methyl sites for hydroxylation is 2. The summed E-state index contributed by atoms with van der Waals surface area (Å²) in [4.78, 5) is 16.7. The number of carbonyl (C=O) groups is 1. The Morgan fingerprint density at radius 2 is 1.97 bits per heavy atom. The van der Waals surface area contributed by atoms with Crippen LogP contribution in [0.3, 0.4) is 0 Å². The van der Waals surface area contributed by atoms with Crippen molar-refractivity contribution in [3.8, 4) is 11.4 Å². The fourth-order valence-corrected chi connectivity index (χ4v) is 3.90. The van der Waals surface area contributed by atoms with Crippen LogP contribution in [0, 0.1) is 13.8 Å². The molecule has 168 valence electrons. The summed E-state index contributed by atoms with van der Waals surface area (Å²) in [5.74, 6) is 0.914. The summed E-state index contributed by atoms with van der Waals surface area (Å²) in [5.41, 5.74) is 5.23. The van der Waals surface area contributed by atoms with Gasteiger partial charge in [0.1, 0.15) is 18.7 Å². The largest absolute Gasteiger partial charge is 0.487 e. The summed E-state index contributed by atoms with van der Waals surface area (Å²) < 4.78 is 7.71. The van der Waals surface area contributed by atoms with E-state index < -0.39 is 0 Å². The van der Waals surface area contributed by atoms with E-state index in [9.17, 15) is 4.79 Å². The molecule has 1 N–H and O–H groups in total. The predicted octanol–water partition coefficient (Wildman–Crippen LogP) is 4.27. The summed E-state index contributed by atoms with van der Waals surface area (Å²) >= 11 is 1.36. The Balaban J connectivity index is 1.28. The fourth-order valence-electron chi connectivity index (χ4n) is 3.14. The van der Waals surface area contributed by atoms with Gasteiger partial charge in [-0.05, 0) is 66.9 Å². The molecule has 2 aromatic heterocycles. The lowest BCUT2D eigenvalue weighted by Gasteiger charge is -2.10. The van der Waals surface area contributed by atoms with E-state index in [1.54, 1.807) is 12.5 Å². The van der Waals surface area contributed by atoms with Crippen molar-refractivity contribution in [3.63, 3.8) is 0 Å². The number of nitrogens with zero attached hydrogens (tertiary/aromatic N) is 4. The quantitative estimate of drug-likeness (QED) is 0.377. The molecule has 0 radical (unpaired) electrons. The van der Waals surface area contributed by atoms with Crippen molar-refractivity contribution in [2.45, 2.75) is 32.2 Å². The highest BCUT2D eigenvalue weighted by Gasteiger charge is 2.11. The third-order valence-corrected chi connectivity index (χ3v) is 6.06. The Morgan fingerprint density at radius 1 is 1.06 bits per heavy atom. The Kier molecular flexibility index (Phi) is 7.36. The summed E-state index contributed by atoms with van der Waals surface area (Å²) in [7, 11) is 0. The zero-order valence-corrected chi connectivity index (χ0v) is 19.4. The summed E-state index contributed by atoms with van der Waals surface area (Å²) in [5, 5.41) is 11.8. The molecular formula is C25H25N5O2S. The number of aromatic nitrogens is 4. The third-order valence-electron chi connectivity index (χ3n) is 5.12. The number of ether oxygens (including phenoxy) is 1. The highest BCUT2D eigenvalue weighted by Crippen LogP contribution is 2.21. The minimum absolute atomic E-state index is 0.0746. The number of nitrogens with one attached hydrogen (secondary N) is 1. The first-order chi connectivity index (χ1) is 16.1. The number of carbonyl (C=O) groups excluding carboxylic acids is 1. The van der Waals surface area contributed by atoms with Gasteiger partial charge in [0.2, 0.25) is 5.91 Å². The van der Waals surface area contributed by atoms with Gasteiger partial charge in [0.05, 0.1) is 11.4 Å². The van der Waals surface area contributed by atoms with Gasteiger partial charge in [-0.25, -0.2) is 0 Å². The fraction of sp³-hybridized carbons (Fsp3) is 0.200. The maximum absolute atomic E-state index is 12.4. The van der Waals surface area contributed by atoms with Crippen molar-refractivity contribution in [2.24, 2.45) is 0 Å². The van der Waals surface area contributed by atoms with E-state index in [2.05, 4.69) is 46.5 Å². The van der Waals surface area contributed by atoms with Gasteiger partial charge in [0.15, 0.2) is 5.16 Å². The molecule has 4 rings (SSSR count). The third kappa shape index (κ3) is 6.20. The molecule has 0 aliphatic carbocycles. The van der Waals surface area contributed by atoms with Gasteiger partial charge in [0, 0.05) is 18.4 Å². The van der Waals surface area contributed by atoms with E-state index >= 15 is 0 Å². The highest BCUT2D eigenvalue weighted by atomic mass is 32.2. The molecule has 0 atom stereocenters. The van der Waals surface area contributed by atoms with E-state index in [4.69, 9.17) is 4.74 Å². The minimum Gasteiger partial charge on any atom is -0.487 e. The van der Waals surface area contributed by atoms with Crippen LogP contribution in [0.4, 0.5) is 0 Å². The Bertz CT molecular complexity index is 1230. The smallest absolute Gasteiger partial charge is 0.230 e. The van der Waals surface area contributed by atoms with Crippen LogP contribution in [-0.4, -0.2) is 31.4 Å². The molecule has 8 heteroatoms. The standard InChI is InChI=1S/C25H25N5O2S/c1-18-9-10-22(12-19(18)2)30-17-28-29-25(30)33-16-24(31)27-14-20-6-5-8-23(13-20)32-15-21-7-3-4-11-26-21/h3-13,17H,14-16H2,1-2H3,(H,27,31). The number of benzene rings is 2. The van der Waals surface area contributed by atoms with E-state index in [1.807, 2.05) is 53.1 Å². The van der Waals surface area contributed by atoms with Crippen molar-refractivity contribution in [2.75, 3.05) is 5.75 Å². The van der Waals surface area contributed by atoms with Crippen molar-refractivity contribution in [1.29, 1.82) is 0 Å². The molecule has 1 amide bonds. The number of amides is 1. The molecule has 0 bridgehead atoms. The molecule has 2 aromatic carbocycles. The van der Waals surface area contributed by atoms with E-state index in [0.717, 1.165) is 22.7 Å². The zero-order chi connectivity index (χ0) is 23.0. The number of pyridine rings is 1. The topological polar surface area (TPSA) is 81.9 Å². The Hall–Kier alpha value is -3.65. The maximum atomic E-state index is 12.4. The molecule has 0 unspecified atom stereocenters. The molecule has 0 aliphatic rings. The summed E-state index contributed by atoms with van der Waals surface area (Å²) in [6.07, 6.45) is 3.41. The van der Waals surface area contributed by atoms with Gasteiger partial charge < -0.3 is 10.1 Å². The average molecular weight is 460 g/mol. The number of hydrogen-bond acceptors (Lipinski definition) is 6. The molecular weight excluding hydrogens is 434 g/mol. The molecule has 0 saturated heterocycles. The normalized spacial score (nSPS) is 10.7. The molecule has 0 aliphatic heterocycles. The maximum Gasteiger partial charge on any atom is 0.230 e. The van der Waals surface area contributed by atoms with Crippen LogP contribution in [0.2, 0.25) is 0 Å². The lowest BCUT2D eigenvalue weighted by molar-refractivity contribution is -0.118. The monoisotopic (exact) mass is 459 g/mol. The van der Waals surface area contributed by atoms with Gasteiger partial charge in [-0.15, -0.1) is 10.2 Å². The van der Waals surface area contributed by atoms with Crippen molar-refractivity contribution >= 4 is 17.7 Å². The van der Waals surface area contributed by atoms with Crippen LogP contribution in [0.1, 0.15) is 22.4 Å². The molecule has 0 spiro atoms. The second kappa shape index (κ2) is 10.8. The van der Waals surface area contributed by atoms with Crippen LogP contribution in [0.25, 0.3) is 5.69 Å². The summed E-state index contributed by atoms with van der Waals surface area (Å²) in [6, 6.07) is 19.6. The second-order valence-electron chi connectivity index (χ2n) is 7.57. The van der Waals surface area contributed by atoms with Crippen LogP contribution in [-0.2, 0) is 17.9 Å². The lowest BCUT2D eigenvalue weighted by Crippen LogP contribution is -2.24. The summed E-state index contributed by atoms with van der Waals surface area (Å²) in [6.45, 7) is 4.97. The van der Waals surface area contributed by atoms with Crippen LogP contribution >= 0.6 is 11.8 Å². The van der Waals surface area contributed by atoms with Crippen LogP contribution in [0.5, 0.6) is 5.75 Å². The van der Waals surface area contributed by atoms with Crippen molar-refractivity contribution in [1.82, 2.24) is 25.1 Å². The van der Waals surface area contributed by atoms with Gasteiger partial charge in [0.25, 0.3) is 0 Å². The van der Waals surface area contributed by atoms with Gasteiger partial charge >= 0.3 is 0 Å². The van der Waals surface area contributed by atoms with Crippen LogP contribution in [0.15, 0.2) is 78.3 Å². The molecule has 4 aromatic rings. The first-order valence-corrected chi connectivity index (χ1v) is 11.6. The SMILES string of the molecule is Cc1ccc(-n2cnnc2SCC(=O)NCc2cccc(OCc3ccccn3)c2)cc1C. The Labute approximate surface area is 197 Å². The predicted molar refractivity (Wildman–Crippen MR) is 128 cm³/mol. The van der Waals surface area contributed by atoms with Gasteiger partial charge in [-0.1, -0.05) is 36.0 Å². The first-order valence-electron chi connectivity index (χ1n) is 10.6. The van der Waals surface area contributed by atoms with E-state index in [-0.39, 0.29) is 11.7 Å². The average Bonchev–Trinajstić information content (AvgIpc) is 3.31. The highest BCUT2D eigenvalue weighted by molar-refractivity contribution is 7.99. The number of thioether (sulfide) groups is 1. The van der Waals surface area contributed by atoms with Crippen LogP contribution < -0.4 is 10.1 Å². The van der Waals surface area contributed by atoms with E-state index in [0.29, 0.717) is 18.3 Å². The van der Waals surface area contributed by atoms with Gasteiger partial charge in [-0.3, -0.25) is 14.3 Å². The number of hydrogen-bond donors (Lipinski definition) is 1. The Morgan fingerprint density at radius 3 is 2.79 bits per heavy atom. The minimum atomic E-state index is -0.0746.